The van der Waals surface area contributed by atoms with Gasteiger partial charge < -0.3 is 5.32 Å². The first-order chi connectivity index (χ1) is 5.25. The third kappa shape index (κ3) is 1.88. The van der Waals surface area contributed by atoms with E-state index in [2.05, 4.69) is 15.3 Å². The van der Waals surface area contributed by atoms with Crippen LogP contribution in [0.5, 0.6) is 0 Å². The van der Waals surface area contributed by atoms with Gasteiger partial charge in [-0.05, 0) is 14.0 Å². The van der Waals surface area contributed by atoms with E-state index >= 15 is 0 Å². The van der Waals surface area contributed by atoms with E-state index in [-0.39, 0.29) is 6.04 Å². The summed E-state index contributed by atoms with van der Waals surface area (Å²) in [6.07, 6.45) is 3.21. The van der Waals surface area contributed by atoms with Gasteiger partial charge in [0.25, 0.3) is 0 Å². The SMILES string of the molecule is CNC(C)c1nccnc1Cl. The molecule has 1 aromatic heterocycles. The van der Waals surface area contributed by atoms with Gasteiger partial charge in [0.15, 0.2) is 5.15 Å². The van der Waals surface area contributed by atoms with Crippen LogP contribution in [0.1, 0.15) is 18.7 Å². The Morgan fingerprint density at radius 2 is 2.09 bits per heavy atom. The second kappa shape index (κ2) is 3.64. The largest absolute Gasteiger partial charge is 0.312 e. The lowest BCUT2D eigenvalue weighted by Gasteiger charge is -2.08. The minimum absolute atomic E-state index is 0.149. The van der Waals surface area contributed by atoms with Gasteiger partial charge in [-0.1, -0.05) is 11.6 Å². The molecule has 0 amide bonds. The first-order valence-corrected chi connectivity index (χ1v) is 3.77. The lowest BCUT2D eigenvalue weighted by Crippen LogP contribution is -2.14. The fourth-order valence-corrected chi connectivity index (χ4v) is 1.03. The predicted octanol–water partition coefficient (Wildman–Crippen LogP) is 1.41. The Kier molecular flexibility index (Phi) is 2.79. The van der Waals surface area contributed by atoms with Crippen LogP contribution >= 0.6 is 11.6 Å². The summed E-state index contributed by atoms with van der Waals surface area (Å²) in [7, 11) is 1.86. The van der Waals surface area contributed by atoms with Crippen molar-refractivity contribution in [2.75, 3.05) is 7.05 Å². The van der Waals surface area contributed by atoms with Crippen LogP contribution in [0.4, 0.5) is 0 Å². The van der Waals surface area contributed by atoms with E-state index in [4.69, 9.17) is 11.6 Å². The number of halogens is 1. The summed E-state index contributed by atoms with van der Waals surface area (Å²) in [6, 6.07) is 0.149. The maximum Gasteiger partial charge on any atom is 0.152 e. The van der Waals surface area contributed by atoms with Gasteiger partial charge in [-0.3, -0.25) is 4.98 Å². The maximum absolute atomic E-state index is 5.78. The second-order valence-corrected chi connectivity index (χ2v) is 2.60. The van der Waals surface area contributed by atoms with Gasteiger partial charge in [-0.15, -0.1) is 0 Å². The average molecular weight is 172 g/mol. The zero-order valence-corrected chi connectivity index (χ0v) is 7.26. The van der Waals surface area contributed by atoms with Crippen molar-refractivity contribution in [1.29, 1.82) is 0 Å². The van der Waals surface area contributed by atoms with Crippen LogP contribution < -0.4 is 5.32 Å². The maximum atomic E-state index is 5.78. The number of rotatable bonds is 2. The molecule has 0 aliphatic rings. The molecule has 1 aromatic rings. The highest BCUT2D eigenvalue weighted by Gasteiger charge is 2.08. The van der Waals surface area contributed by atoms with Crippen molar-refractivity contribution < 1.29 is 0 Å². The summed E-state index contributed by atoms with van der Waals surface area (Å²) in [6.45, 7) is 1.98. The van der Waals surface area contributed by atoms with E-state index in [0.717, 1.165) is 5.69 Å². The summed E-state index contributed by atoms with van der Waals surface area (Å²) >= 11 is 5.78. The molecule has 0 saturated carbocycles. The first kappa shape index (κ1) is 8.43. The van der Waals surface area contributed by atoms with E-state index < -0.39 is 0 Å². The van der Waals surface area contributed by atoms with Gasteiger partial charge in [-0.2, -0.15) is 0 Å². The van der Waals surface area contributed by atoms with Crippen molar-refractivity contribution in [3.05, 3.63) is 23.2 Å². The van der Waals surface area contributed by atoms with Crippen LogP contribution in [0.15, 0.2) is 12.4 Å². The standard InChI is InChI=1S/C7H10ClN3/c1-5(9-2)6-7(8)11-4-3-10-6/h3-5,9H,1-2H3. The monoisotopic (exact) mass is 171 g/mol. The van der Waals surface area contributed by atoms with E-state index in [1.165, 1.54) is 0 Å². The predicted molar refractivity (Wildman–Crippen MR) is 44.5 cm³/mol. The Balaban J connectivity index is 2.93. The highest BCUT2D eigenvalue weighted by atomic mass is 35.5. The fraction of sp³-hybridized carbons (Fsp3) is 0.429. The minimum Gasteiger partial charge on any atom is -0.312 e. The second-order valence-electron chi connectivity index (χ2n) is 2.24. The smallest absolute Gasteiger partial charge is 0.152 e. The van der Waals surface area contributed by atoms with Crippen LogP contribution in [0.2, 0.25) is 5.15 Å². The van der Waals surface area contributed by atoms with Crippen LogP contribution in [-0.4, -0.2) is 17.0 Å². The molecule has 3 nitrogen and oxygen atoms in total. The Morgan fingerprint density at radius 1 is 1.45 bits per heavy atom. The fourth-order valence-electron chi connectivity index (χ4n) is 0.759. The van der Waals surface area contributed by atoms with E-state index in [9.17, 15) is 0 Å². The summed E-state index contributed by atoms with van der Waals surface area (Å²) in [5.74, 6) is 0. The van der Waals surface area contributed by atoms with Gasteiger partial charge in [0, 0.05) is 18.4 Å². The molecule has 0 spiro atoms. The number of aromatic nitrogens is 2. The normalized spacial score (nSPS) is 13.0. The van der Waals surface area contributed by atoms with Crippen molar-refractivity contribution in [2.24, 2.45) is 0 Å². The highest BCUT2D eigenvalue weighted by molar-refractivity contribution is 6.30. The van der Waals surface area contributed by atoms with Crippen LogP contribution in [0.3, 0.4) is 0 Å². The summed E-state index contributed by atoms with van der Waals surface area (Å²) < 4.78 is 0. The van der Waals surface area contributed by atoms with Gasteiger partial charge in [0.1, 0.15) is 0 Å². The summed E-state index contributed by atoms with van der Waals surface area (Å²) in [5.41, 5.74) is 0.789. The Hall–Kier alpha value is -0.670. The minimum atomic E-state index is 0.149. The van der Waals surface area contributed by atoms with Gasteiger partial charge in [-0.25, -0.2) is 4.98 Å². The quantitative estimate of drug-likeness (QED) is 0.731. The summed E-state index contributed by atoms with van der Waals surface area (Å²) in [5, 5.41) is 3.50. The molecule has 4 heteroatoms. The van der Waals surface area contributed by atoms with Gasteiger partial charge >= 0.3 is 0 Å². The Morgan fingerprint density at radius 3 is 2.64 bits per heavy atom. The molecule has 0 fully saturated rings. The molecule has 0 saturated heterocycles. The van der Waals surface area contributed by atoms with E-state index in [0.29, 0.717) is 5.15 Å². The number of hydrogen-bond acceptors (Lipinski definition) is 3. The molecule has 1 atom stereocenters. The molecule has 0 aliphatic carbocycles. The van der Waals surface area contributed by atoms with Gasteiger partial charge in [0.05, 0.1) is 5.69 Å². The summed E-state index contributed by atoms with van der Waals surface area (Å²) in [4.78, 5) is 8.00. The highest BCUT2D eigenvalue weighted by Crippen LogP contribution is 2.15. The van der Waals surface area contributed by atoms with Crippen LogP contribution in [0.25, 0.3) is 0 Å². The van der Waals surface area contributed by atoms with E-state index in [1.54, 1.807) is 12.4 Å². The molecule has 0 bridgehead atoms. The van der Waals surface area contributed by atoms with Crippen molar-refractivity contribution in [3.8, 4) is 0 Å². The number of nitrogens with zero attached hydrogens (tertiary/aromatic N) is 2. The molecule has 0 radical (unpaired) electrons. The molecular weight excluding hydrogens is 162 g/mol. The van der Waals surface area contributed by atoms with Crippen LogP contribution in [-0.2, 0) is 0 Å². The topological polar surface area (TPSA) is 37.8 Å². The molecule has 0 aromatic carbocycles. The number of nitrogens with one attached hydrogen (secondary N) is 1. The van der Waals surface area contributed by atoms with Crippen LogP contribution in [0, 0.1) is 0 Å². The zero-order valence-electron chi connectivity index (χ0n) is 6.50. The van der Waals surface area contributed by atoms with Gasteiger partial charge in [0.2, 0.25) is 0 Å². The lowest BCUT2D eigenvalue weighted by atomic mass is 10.2. The van der Waals surface area contributed by atoms with Crippen molar-refractivity contribution in [1.82, 2.24) is 15.3 Å². The first-order valence-electron chi connectivity index (χ1n) is 3.39. The average Bonchev–Trinajstić information content (AvgIpc) is 2.04. The molecular formula is C7H10ClN3. The third-order valence-electron chi connectivity index (χ3n) is 1.52. The molecule has 1 unspecified atom stereocenters. The molecule has 1 heterocycles. The Labute approximate surface area is 70.8 Å². The molecule has 60 valence electrons. The zero-order chi connectivity index (χ0) is 8.27. The molecule has 1 rings (SSSR count). The number of hydrogen-bond donors (Lipinski definition) is 1. The third-order valence-corrected chi connectivity index (χ3v) is 1.81. The van der Waals surface area contributed by atoms with Crippen molar-refractivity contribution in [2.45, 2.75) is 13.0 Å². The molecule has 0 aliphatic heterocycles. The lowest BCUT2D eigenvalue weighted by molar-refractivity contribution is 0.629. The van der Waals surface area contributed by atoms with E-state index in [1.807, 2.05) is 14.0 Å². The molecule has 11 heavy (non-hydrogen) atoms. The Bertz CT molecular complexity index is 239. The van der Waals surface area contributed by atoms with Crippen molar-refractivity contribution >= 4 is 11.6 Å². The molecule has 1 N–H and O–H groups in total. The van der Waals surface area contributed by atoms with Crippen molar-refractivity contribution in [3.63, 3.8) is 0 Å².